The minimum absolute atomic E-state index is 0.0422. The quantitative estimate of drug-likeness (QED) is 0.0272. The Labute approximate surface area is 459 Å². The molecule has 1 aromatic heterocycles. The Morgan fingerprint density at radius 1 is 0.896 bits per heavy atom. The Balaban J connectivity index is 0.795. The van der Waals surface area contributed by atoms with E-state index in [2.05, 4.69) is 57.8 Å². The SMILES string of the molecule is COc1cccc2c1C(=O)c1c(O)c3c(c(O)c1C2=O)C[C@@](O)(C(=O)NOCc1ccc(CC(=O)CNC(=O)CCOCCOCCn2nc(CBr)c(CBr)n2)cc1)C[C@@H]3O[C@H]1C[C@H]2[C@H](O[C@@H]3[C@@H](OC)OCCN32)[C@H](C)O1. The number of hydrogen-bond donors (Lipinski definition) is 5. The molecule has 4 heterocycles. The maximum Gasteiger partial charge on any atom is 0.275 e. The number of ketones is 3. The number of fused-ring (bicyclic) bond motifs is 6. The lowest BCUT2D eigenvalue weighted by Crippen LogP contribution is -2.55. The molecule has 0 bridgehead atoms. The first-order valence-corrected chi connectivity index (χ1v) is 27.4. The van der Waals surface area contributed by atoms with Gasteiger partial charge in [0.2, 0.25) is 11.7 Å². The molecule has 4 aromatic rings. The molecule has 5 aliphatic rings. The summed E-state index contributed by atoms with van der Waals surface area (Å²) in [6.45, 7) is 4.08. The van der Waals surface area contributed by atoms with Crippen LogP contribution in [-0.4, -0.2) is 167 Å². The highest BCUT2D eigenvalue weighted by molar-refractivity contribution is 9.09. The van der Waals surface area contributed by atoms with Gasteiger partial charge >= 0.3 is 0 Å². The van der Waals surface area contributed by atoms with E-state index in [9.17, 15) is 39.3 Å². The molecule has 3 fully saturated rings. The molecule has 25 heteroatoms. The first-order valence-electron chi connectivity index (χ1n) is 25.1. The second-order valence-corrected chi connectivity index (χ2v) is 20.3. The van der Waals surface area contributed by atoms with Crippen molar-refractivity contribution in [3.63, 3.8) is 0 Å². The van der Waals surface area contributed by atoms with E-state index in [-0.39, 0.29) is 90.9 Å². The molecule has 8 atom stereocenters. The van der Waals surface area contributed by atoms with Gasteiger partial charge in [-0.2, -0.15) is 15.0 Å². The molecule has 3 aliphatic heterocycles. The number of halogens is 2. The number of nitrogens with one attached hydrogen (secondary N) is 2. The normalized spacial score (nSPS) is 24.6. The topological polar surface area (TPSA) is 287 Å². The van der Waals surface area contributed by atoms with Crippen molar-refractivity contribution in [2.24, 2.45) is 0 Å². The predicted octanol–water partition coefficient (Wildman–Crippen LogP) is 3.13. The predicted molar refractivity (Wildman–Crippen MR) is 274 cm³/mol. The third kappa shape index (κ3) is 12.0. The molecule has 5 N–H and O–H groups in total. The van der Waals surface area contributed by atoms with Gasteiger partial charge in [-0.05, 0) is 24.1 Å². The molecule has 23 nitrogen and oxygen atoms in total. The largest absolute Gasteiger partial charge is 0.507 e. The summed E-state index contributed by atoms with van der Waals surface area (Å²) in [5.41, 5.74) is 1.50. The number of morpholine rings is 1. The number of amides is 2. The monoisotopic (exact) mass is 1200 g/mol. The highest BCUT2D eigenvalue weighted by Gasteiger charge is 2.55. The Bertz CT molecular complexity index is 2830. The van der Waals surface area contributed by atoms with Gasteiger partial charge in [0, 0.05) is 79.2 Å². The number of rotatable bonds is 23. The maximum absolute atomic E-state index is 14.3. The van der Waals surface area contributed by atoms with Gasteiger partial charge in [0.15, 0.2) is 36.0 Å². The molecule has 414 valence electrons. The molecular weight excluding hydrogens is 1140 g/mol. The number of carbonyl (C=O) groups excluding carboxylic acids is 5. The summed E-state index contributed by atoms with van der Waals surface area (Å²) in [6, 6.07) is 11.0. The minimum atomic E-state index is -2.38. The Hall–Kier alpha value is -5.29. The van der Waals surface area contributed by atoms with Gasteiger partial charge in [-0.25, -0.2) is 5.48 Å². The van der Waals surface area contributed by atoms with Gasteiger partial charge < -0.3 is 58.5 Å². The molecule has 9 rings (SSSR count). The smallest absolute Gasteiger partial charge is 0.275 e. The van der Waals surface area contributed by atoms with Crippen molar-refractivity contribution in [1.82, 2.24) is 30.7 Å². The van der Waals surface area contributed by atoms with Crippen LogP contribution >= 0.6 is 31.9 Å². The van der Waals surface area contributed by atoms with Gasteiger partial charge in [-0.15, -0.1) is 0 Å². The van der Waals surface area contributed by atoms with Gasteiger partial charge in [0.25, 0.3) is 5.91 Å². The zero-order valence-corrected chi connectivity index (χ0v) is 45.7. The first kappa shape index (κ1) is 56.4. The Morgan fingerprint density at radius 2 is 1.61 bits per heavy atom. The van der Waals surface area contributed by atoms with Crippen LogP contribution in [-0.2, 0) is 89.0 Å². The number of phenolic OH excluding ortho intramolecular Hbond substituents is 2. The fourth-order valence-electron chi connectivity index (χ4n) is 10.5. The highest BCUT2D eigenvalue weighted by atomic mass is 79.9. The maximum atomic E-state index is 14.3. The number of aromatic hydroxyl groups is 2. The summed E-state index contributed by atoms with van der Waals surface area (Å²) in [7, 11) is 2.87. The summed E-state index contributed by atoms with van der Waals surface area (Å²) >= 11 is 6.80. The molecule has 2 aliphatic carbocycles. The summed E-state index contributed by atoms with van der Waals surface area (Å²) < 4.78 is 47.1. The number of ether oxygens (including phenoxy) is 8. The minimum Gasteiger partial charge on any atom is -0.507 e. The summed E-state index contributed by atoms with van der Waals surface area (Å²) in [5, 5.41) is 49.1. The summed E-state index contributed by atoms with van der Waals surface area (Å²) in [5.74, 6) is -4.42. The molecule has 0 saturated carbocycles. The van der Waals surface area contributed by atoms with Crippen molar-refractivity contribution in [1.29, 1.82) is 0 Å². The molecular formula is C52H60Br2N6O17. The van der Waals surface area contributed by atoms with Gasteiger partial charge in [0.1, 0.15) is 23.4 Å². The van der Waals surface area contributed by atoms with Gasteiger partial charge in [-0.1, -0.05) is 68.3 Å². The molecule has 77 heavy (non-hydrogen) atoms. The van der Waals surface area contributed by atoms with Crippen LogP contribution in [0.3, 0.4) is 0 Å². The fraction of sp³-hybridized carbons (Fsp3) is 0.519. The number of aliphatic hydroxyl groups is 1. The number of nitrogens with zero attached hydrogens (tertiary/aromatic N) is 4. The molecule has 3 saturated heterocycles. The number of phenols is 2. The number of Topliss-reactive ketones (excluding diaryl/α,β-unsaturated/α-hetero) is 1. The third-order valence-corrected chi connectivity index (χ3v) is 15.3. The van der Waals surface area contributed by atoms with Crippen molar-refractivity contribution in [2.45, 2.75) is 112 Å². The average molecular weight is 1200 g/mol. The fourth-order valence-corrected chi connectivity index (χ4v) is 11.3. The van der Waals surface area contributed by atoms with E-state index >= 15 is 0 Å². The van der Waals surface area contributed by atoms with Gasteiger partial charge in [-0.3, -0.25) is 33.7 Å². The van der Waals surface area contributed by atoms with E-state index in [1.807, 2.05) is 6.92 Å². The molecule has 0 radical (unpaired) electrons. The van der Waals surface area contributed by atoms with Crippen molar-refractivity contribution in [3.8, 4) is 17.2 Å². The van der Waals surface area contributed by atoms with Gasteiger partial charge in [0.05, 0.1) is 100 Å². The van der Waals surface area contributed by atoms with E-state index in [1.54, 1.807) is 29.1 Å². The van der Waals surface area contributed by atoms with E-state index in [0.29, 0.717) is 61.3 Å². The Kier molecular flexibility index (Phi) is 18.2. The Morgan fingerprint density at radius 3 is 2.32 bits per heavy atom. The number of carbonyl (C=O) groups is 5. The van der Waals surface area contributed by atoms with Crippen LogP contribution in [0.4, 0.5) is 0 Å². The number of hydrogen-bond acceptors (Lipinski definition) is 20. The number of methoxy groups -OCH3 is 2. The van der Waals surface area contributed by atoms with E-state index in [1.165, 1.54) is 32.4 Å². The van der Waals surface area contributed by atoms with Crippen LogP contribution < -0.4 is 15.5 Å². The van der Waals surface area contributed by atoms with E-state index < -0.39 is 89.6 Å². The van der Waals surface area contributed by atoms with E-state index in [4.69, 9.17) is 42.7 Å². The first-order chi connectivity index (χ1) is 37.2. The number of alkyl halides is 2. The standard InChI is InChI=1S/C52H60Br2N6O17/c1-27-48-35(59-12-16-73-50(70-3)49(59)77-48)20-39(75-27)76-37-22-52(68,21-32-41(37)47(66)43-42(45(32)64)44(63)31-5-4-6-36(69-2)40(31)46(43)65)51(67)58-74-26-29-9-7-28(8-10-29)19-30(61)25-55-38(62)11-14-71-17-18-72-15-13-60-56-33(23-53)34(24-54)57-60/h4-10,27,35,37,39,48-50,64,66,68H,11-26H2,1-3H3,(H,55,62)(H,58,67)/t27-,35-,37-,39-,48+,49+,50-,52-/m0/s1. The molecule has 0 spiro atoms. The van der Waals surface area contributed by atoms with Crippen molar-refractivity contribution >= 4 is 61.0 Å². The zero-order chi connectivity index (χ0) is 54.5. The molecule has 0 unspecified atom stereocenters. The summed E-state index contributed by atoms with van der Waals surface area (Å²) in [4.78, 5) is 76.9. The third-order valence-electron chi connectivity index (χ3n) is 14.3. The van der Waals surface area contributed by atoms with Crippen LogP contribution in [0, 0.1) is 0 Å². The number of benzene rings is 3. The van der Waals surface area contributed by atoms with Crippen molar-refractivity contribution < 1.29 is 82.0 Å². The lowest BCUT2D eigenvalue weighted by molar-refractivity contribution is -0.256. The van der Waals surface area contributed by atoms with Crippen LogP contribution in [0.2, 0.25) is 0 Å². The lowest BCUT2D eigenvalue weighted by Gasteiger charge is -2.43. The van der Waals surface area contributed by atoms with Crippen LogP contribution in [0.25, 0.3) is 0 Å². The second-order valence-electron chi connectivity index (χ2n) is 19.2. The van der Waals surface area contributed by atoms with Crippen molar-refractivity contribution in [2.75, 3.05) is 60.3 Å². The van der Waals surface area contributed by atoms with Crippen molar-refractivity contribution in [3.05, 3.63) is 98.4 Å². The second kappa shape index (κ2) is 24.8. The summed E-state index contributed by atoms with van der Waals surface area (Å²) in [6.07, 6.45) is -5.26. The lowest BCUT2D eigenvalue weighted by atomic mass is 9.72. The zero-order valence-electron chi connectivity index (χ0n) is 42.5. The van der Waals surface area contributed by atoms with Crippen LogP contribution in [0.1, 0.15) is 97.8 Å². The molecule has 3 aromatic carbocycles. The number of aromatic nitrogens is 3. The van der Waals surface area contributed by atoms with Crippen LogP contribution in [0.5, 0.6) is 17.2 Å². The highest BCUT2D eigenvalue weighted by Crippen LogP contribution is 2.53. The van der Waals surface area contributed by atoms with Crippen LogP contribution in [0.15, 0.2) is 42.5 Å². The molecule has 2 amide bonds. The van der Waals surface area contributed by atoms with E-state index in [0.717, 1.165) is 11.4 Å². The average Bonchev–Trinajstić information content (AvgIpc) is 4.04. The number of hydroxylamine groups is 1.